The highest BCUT2D eigenvalue weighted by atomic mass is 127. The standard InChI is InChI=1S/C23H28N6.HI/c1-2-24-23(26-14-11-20-18-29-15-6-5-10-22(29)27-20)25-13-7-16-28-17-12-19-8-3-4-9-21(19)28;/h3-6,8-10,12,15,17-18H,2,7,11,13-14,16H2,1H3,(H2,24,25,26);1H. The molecular weight excluding hydrogens is 487 g/mol. The summed E-state index contributed by atoms with van der Waals surface area (Å²) < 4.78 is 4.36. The third-order valence-electron chi connectivity index (χ3n) is 4.94. The third kappa shape index (κ3) is 5.53. The maximum absolute atomic E-state index is 4.72. The predicted octanol–water partition coefficient (Wildman–Crippen LogP) is 4.09. The molecule has 0 aliphatic rings. The fraction of sp³-hybridized carbons (Fsp3) is 0.304. The number of nitrogens with one attached hydrogen (secondary N) is 2. The molecule has 4 rings (SSSR count). The second kappa shape index (κ2) is 11.0. The van der Waals surface area contributed by atoms with E-state index in [2.05, 4.69) is 74.2 Å². The van der Waals surface area contributed by atoms with Crippen molar-refractivity contribution in [2.75, 3.05) is 19.6 Å². The van der Waals surface area contributed by atoms with Crippen LogP contribution >= 0.6 is 24.0 Å². The molecule has 0 saturated heterocycles. The molecule has 7 heteroatoms. The molecule has 0 aliphatic carbocycles. The summed E-state index contributed by atoms with van der Waals surface area (Å²) in [5.41, 5.74) is 3.36. The molecule has 3 heterocycles. The van der Waals surface area contributed by atoms with Crippen LogP contribution in [-0.2, 0) is 13.0 Å². The van der Waals surface area contributed by atoms with Gasteiger partial charge in [0.15, 0.2) is 5.96 Å². The summed E-state index contributed by atoms with van der Waals surface area (Å²) in [6, 6.07) is 16.7. The Labute approximate surface area is 194 Å². The normalized spacial score (nSPS) is 11.6. The number of rotatable bonds is 8. The van der Waals surface area contributed by atoms with E-state index in [-0.39, 0.29) is 24.0 Å². The van der Waals surface area contributed by atoms with Crippen molar-refractivity contribution >= 4 is 46.5 Å². The first-order chi connectivity index (χ1) is 14.3. The van der Waals surface area contributed by atoms with Crippen LogP contribution in [0.5, 0.6) is 0 Å². The summed E-state index contributed by atoms with van der Waals surface area (Å²) in [5, 5.41) is 8.03. The van der Waals surface area contributed by atoms with E-state index in [0.717, 1.165) is 56.3 Å². The molecule has 158 valence electrons. The first-order valence-electron chi connectivity index (χ1n) is 10.3. The van der Waals surface area contributed by atoms with Crippen LogP contribution in [0.25, 0.3) is 16.6 Å². The summed E-state index contributed by atoms with van der Waals surface area (Å²) in [5.74, 6) is 0.869. The average Bonchev–Trinajstić information content (AvgIpc) is 3.35. The summed E-state index contributed by atoms with van der Waals surface area (Å²) in [6.07, 6.45) is 8.14. The van der Waals surface area contributed by atoms with Crippen LogP contribution < -0.4 is 10.6 Å². The molecule has 3 aromatic heterocycles. The second-order valence-electron chi connectivity index (χ2n) is 7.06. The van der Waals surface area contributed by atoms with Crippen molar-refractivity contribution < 1.29 is 0 Å². The van der Waals surface area contributed by atoms with Gasteiger partial charge in [-0.1, -0.05) is 24.3 Å². The Hall–Kier alpha value is -2.55. The van der Waals surface area contributed by atoms with Crippen LogP contribution in [0.4, 0.5) is 0 Å². The molecule has 2 N–H and O–H groups in total. The minimum Gasteiger partial charge on any atom is -0.357 e. The van der Waals surface area contributed by atoms with Crippen LogP contribution in [0.1, 0.15) is 19.0 Å². The first kappa shape index (κ1) is 22.1. The van der Waals surface area contributed by atoms with E-state index in [4.69, 9.17) is 4.99 Å². The first-order valence-corrected chi connectivity index (χ1v) is 10.3. The number of hydrogen-bond donors (Lipinski definition) is 2. The fourth-order valence-electron chi connectivity index (χ4n) is 3.53. The largest absolute Gasteiger partial charge is 0.357 e. The van der Waals surface area contributed by atoms with E-state index in [0.29, 0.717) is 0 Å². The Morgan fingerprint density at radius 1 is 1.03 bits per heavy atom. The second-order valence-corrected chi connectivity index (χ2v) is 7.06. The molecule has 0 radical (unpaired) electrons. The summed E-state index contributed by atoms with van der Waals surface area (Å²) in [7, 11) is 0. The van der Waals surface area contributed by atoms with Crippen molar-refractivity contribution in [1.82, 2.24) is 24.6 Å². The number of hydrogen-bond acceptors (Lipinski definition) is 2. The smallest absolute Gasteiger partial charge is 0.191 e. The van der Waals surface area contributed by atoms with Gasteiger partial charge in [-0.3, -0.25) is 4.99 Å². The number of nitrogens with zero attached hydrogens (tertiary/aromatic N) is 4. The lowest BCUT2D eigenvalue weighted by Gasteiger charge is -2.11. The minimum atomic E-state index is 0. The molecule has 0 spiro atoms. The molecule has 0 atom stereocenters. The van der Waals surface area contributed by atoms with Crippen LogP contribution in [-0.4, -0.2) is 39.5 Å². The lowest BCUT2D eigenvalue weighted by Crippen LogP contribution is -2.38. The molecule has 4 aromatic rings. The quantitative estimate of drug-likeness (QED) is 0.161. The van der Waals surface area contributed by atoms with Crippen molar-refractivity contribution in [3.63, 3.8) is 0 Å². The highest BCUT2D eigenvalue weighted by Crippen LogP contribution is 2.15. The molecule has 0 fully saturated rings. The number of halogens is 1. The number of aromatic nitrogens is 3. The van der Waals surface area contributed by atoms with Gasteiger partial charge in [0.25, 0.3) is 0 Å². The summed E-state index contributed by atoms with van der Waals surface area (Å²) in [6.45, 7) is 5.50. The molecule has 30 heavy (non-hydrogen) atoms. The van der Waals surface area contributed by atoms with E-state index in [1.807, 2.05) is 24.4 Å². The van der Waals surface area contributed by atoms with Crippen molar-refractivity contribution in [1.29, 1.82) is 0 Å². The third-order valence-corrected chi connectivity index (χ3v) is 4.94. The van der Waals surface area contributed by atoms with E-state index >= 15 is 0 Å². The van der Waals surface area contributed by atoms with Crippen molar-refractivity contribution in [2.45, 2.75) is 26.3 Å². The molecule has 0 bridgehead atoms. The van der Waals surface area contributed by atoms with E-state index in [9.17, 15) is 0 Å². The van der Waals surface area contributed by atoms with Gasteiger partial charge < -0.3 is 19.6 Å². The van der Waals surface area contributed by atoms with Gasteiger partial charge in [0, 0.05) is 56.7 Å². The molecule has 0 amide bonds. The van der Waals surface area contributed by atoms with Crippen molar-refractivity contribution in [3.05, 3.63) is 72.8 Å². The lowest BCUT2D eigenvalue weighted by molar-refractivity contribution is 0.666. The summed E-state index contributed by atoms with van der Waals surface area (Å²) in [4.78, 5) is 9.37. The predicted molar refractivity (Wildman–Crippen MR) is 135 cm³/mol. The van der Waals surface area contributed by atoms with Crippen LogP contribution in [0, 0.1) is 0 Å². The topological polar surface area (TPSA) is 58.7 Å². The Kier molecular flexibility index (Phi) is 8.12. The molecule has 1 aromatic carbocycles. The van der Waals surface area contributed by atoms with E-state index < -0.39 is 0 Å². The van der Waals surface area contributed by atoms with Gasteiger partial charge in [-0.05, 0) is 43.0 Å². The van der Waals surface area contributed by atoms with Crippen molar-refractivity contribution in [3.8, 4) is 0 Å². The van der Waals surface area contributed by atoms with Gasteiger partial charge in [-0.15, -0.1) is 24.0 Å². The zero-order valence-electron chi connectivity index (χ0n) is 17.3. The summed E-state index contributed by atoms with van der Waals surface area (Å²) >= 11 is 0. The minimum absolute atomic E-state index is 0. The van der Waals surface area contributed by atoms with E-state index in [1.54, 1.807) is 0 Å². The number of benzene rings is 1. The van der Waals surface area contributed by atoms with Gasteiger partial charge in [-0.25, -0.2) is 4.98 Å². The zero-order valence-corrected chi connectivity index (χ0v) is 19.6. The van der Waals surface area contributed by atoms with Crippen molar-refractivity contribution in [2.24, 2.45) is 4.99 Å². The number of pyridine rings is 1. The van der Waals surface area contributed by atoms with Gasteiger partial charge in [0.2, 0.25) is 0 Å². The van der Waals surface area contributed by atoms with Crippen LogP contribution in [0.3, 0.4) is 0 Å². The van der Waals surface area contributed by atoms with Gasteiger partial charge >= 0.3 is 0 Å². The molecule has 0 saturated carbocycles. The number of aliphatic imine (C=N–C) groups is 1. The van der Waals surface area contributed by atoms with Gasteiger partial charge in [0.1, 0.15) is 5.65 Å². The molecule has 6 nitrogen and oxygen atoms in total. The Bertz CT molecular complexity index is 1060. The maximum Gasteiger partial charge on any atom is 0.191 e. The Balaban J connectivity index is 0.00000256. The van der Waals surface area contributed by atoms with Crippen LogP contribution in [0.2, 0.25) is 0 Å². The lowest BCUT2D eigenvalue weighted by atomic mass is 10.2. The molecular formula is C23H29IN6. The average molecular weight is 516 g/mol. The number of fused-ring (bicyclic) bond motifs is 2. The zero-order chi connectivity index (χ0) is 19.9. The number of imidazole rings is 1. The number of aryl methyl sites for hydroxylation is 1. The Morgan fingerprint density at radius 3 is 2.77 bits per heavy atom. The fourth-order valence-corrected chi connectivity index (χ4v) is 3.53. The van der Waals surface area contributed by atoms with E-state index in [1.165, 1.54) is 10.9 Å². The number of guanidine groups is 1. The van der Waals surface area contributed by atoms with Gasteiger partial charge in [-0.2, -0.15) is 0 Å². The molecule has 0 aliphatic heterocycles. The Morgan fingerprint density at radius 2 is 1.90 bits per heavy atom. The molecule has 0 unspecified atom stereocenters. The van der Waals surface area contributed by atoms with Gasteiger partial charge in [0.05, 0.1) is 5.69 Å². The monoisotopic (exact) mass is 516 g/mol. The maximum atomic E-state index is 4.72. The number of para-hydroxylation sites is 1. The highest BCUT2D eigenvalue weighted by molar-refractivity contribution is 14.0. The van der Waals surface area contributed by atoms with Crippen LogP contribution in [0.15, 0.2) is 72.1 Å². The SMILES string of the molecule is CCNC(=NCCCn1ccc2ccccc21)NCCc1cn2ccccc2n1.I. The highest BCUT2D eigenvalue weighted by Gasteiger charge is 2.03.